The van der Waals surface area contributed by atoms with Crippen LogP contribution >= 0.6 is 0 Å². The molecule has 21 heavy (non-hydrogen) atoms. The number of sulfonamides is 1. The largest absolute Gasteiger partial charge is 0.349 e. The Labute approximate surface area is 128 Å². The van der Waals surface area contributed by atoms with E-state index < -0.39 is 10.0 Å². The van der Waals surface area contributed by atoms with Gasteiger partial charge in [0.25, 0.3) is 0 Å². The highest BCUT2D eigenvalue weighted by atomic mass is 32.2. The third-order valence-electron chi connectivity index (χ3n) is 3.82. The molecular formula is C15H27N3O2S. The highest BCUT2D eigenvalue weighted by Crippen LogP contribution is 2.23. The van der Waals surface area contributed by atoms with Crippen LogP contribution in [0.4, 0.5) is 0 Å². The molecule has 0 amide bonds. The van der Waals surface area contributed by atoms with Crippen molar-refractivity contribution in [1.82, 2.24) is 14.2 Å². The van der Waals surface area contributed by atoms with Crippen LogP contribution in [0.5, 0.6) is 0 Å². The van der Waals surface area contributed by atoms with E-state index in [0.29, 0.717) is 30.6 Å². The molecule has 0 spiro atoms. The Bertz CT molecular complexity index is 557. The van der Waals surface area contributed by atoms with Gasteiger partial charge in [-0.3, -0.25) is 0 Å². The lowest BCUT2D eigenvalue weighted by Gasteiger charge is -2.13. The summed E-state index contributed by atoms with van der Waals surface area (Å²) in [4.78, 5) is 0.443. The van der Waals surface area contributed by atoms with E-state index in [0.717, 1.165) is 31.5 Å². The standard InChI is InChI=1S/C15H27N3O2S/c1-4-7-17-12-15(10-14(17)11-16-13(2)3)21(19,20)18-8-5-6-9-18/h10,12-13,16H,4-9,11H2,1-3H3. The van der Waals surface area contributed by atoms with Gasteiger partial charge >= 0.3 is 0 Å². The Kier molecular flexibility index (Phi) is 5.46. The van der Waals surface area contributed by atoms with Crippen molar-refractivity contribution in [3.63, 3.8) is 0 Å². The Balaban J connectivity index is 2.25. The van der Waals surface area contributed by atoms with E-state index in [4.69, 9.17) is 0 Å². The second kappa shape index (κ2) is 6.94. The summed E-state index contributed by atoms with van der Waals surface area (Å²) < 4.78 is 28.9. The molecule has 2 heterocycles. The first-order valence-corrected chi connectivity index (χ1v) is 9.31. The fourth-order valence-electron chi connectivity index (χ4n) is 2.65. The lowest BCUT2D eigenvalue weighted by atomic mass is 10.3. The monoisotopic (exact) mass is 313 g/mol. The van der Waals surface area contributed by atoms with Crippen molar-refractivity contribution < 1.29 is 8.42 Å². The third kappa shape index (κ3) is 3.87. The van der Waals surface area contributed by atoms with Crippen LogP contribution in [0.25, 0.3) is 0 Å². The quantitative estimate of drug-likeness (QED) is 0.839. The molecule has 1 aliphatic rings. The number of aromatic nitrogens is 1. The predicted octanol–water partition coefficient (Wildman–Crippen LogP) is 2.18. The molecule has 0 aromatic carbocycles. The summed E-state index contributed by atoms with van der Waals surface area (Å²) in [6.07, 6.45) is 4.73. The normalized spacial score (nSPS) is 17.0. The van der Waals surface area contributed by atoms with Crippen molar-refractivity contribution in [1.29, 1.82) is 0 Å². The Hall–Kier alpha value is -0.850. The summed E-state index contributed by atoms with van der Waals surface area (Å²) in [6, 6.07) is 2.22. The molecule has 0 saturated carbocycles. The Morgan fingerprint density at radius 2 is 1.95 bits per heavy atom. The van der Waals surface area contributed by atoms with Gasteiger partial charge < -0.3 is 9.88 Å². The third-order valence-corrected chi connectivity index (χ3v) is 5.68. The summed E-state index contributed by atoms with van der Waals surface area (Å²) in [7, 11) is -3.31. The fourth-order valence-corrected chi connectivity index (χ4v) is 4.23. The van der Waals surface area contributed by atoms with Crippen LogP contribution in [-0.4, -0.2) is 36.4 Å². The minimum atomic E-state index is -3.31. The first kappa shape index (κ1) is 16.5. The second-order valence-electron chi connectivity index (χ2n) is 6.01. The molecule has 0 radical (unpaired) electrons. The van der Waals surface area contributed by atoms with Gasteiger partial charge in [-0.25, -0.2) is 8.42 Å². The van der Waals surface area contributed by atoms with E-state index in [1.54, 1.807) is 10.5 Å². The van der Waals surface area contributed by atoms with Gasteiger partial charge in [0, 0.05) is 44.1 Å². The Morgan fingerprint density at radius 3 is 2.52 bits per heavy atom. The maximum Gasteiger partial charge on any atom is 0.244 e. The zero-order valence-corrected chi connectivity index (χ0v) is 14.1. The van der Waals surface area contributed by atoms with Crippen LogP contribution < -0.4 is 5.32 Å². The molecule has 0 bridgehead atoms. The number of hydrogen-bond donors (Lipinski definition) is 1. The van der Waals surface area contributed by atoms with E-state index in [9.17, 15) is 8.42 Å². The SMILES string of the molecule is CCCn1cc(S(=O)(=O)N2CCCC2)cc1CNC(C)C. The average Bonchev–Trinajstić information content (AvgIpc) is 3.06. The molecule has 1 aliphatic heterocycles. The van der Waals surface area contributed by atoms with Crippen LogP contribution in [0.3, 0.4) is 0 Å². The molecule has 5 nitrogen and oxygen atoms in total. The van der Waals surface area contributed by atoms with Gasteiger partial charge in [0.1, 0.15) is 4.90 Å². The number of hydrogen-bond acceptors (Lipinski definition) is 3. The van der Waals surface area contributed by atoms with Gasteiger partial charge in [-0.2, -0.15) is 4.31 Å². The molecule has 0 aliphatic carbocycles. The molecule has 1 saturated heterocycles. The molecule has 0 atom stereocenters. The summed E-state index contributed by atoms with van der Waals surface area (Å²) in [5.41, 5.74) is 1.04. The number of nitrogens with one attached hydrogen (secondary N) is 1. The minimum Gasteiger partial charge on any atom is -0.349 e. The van der Waals surface area contributed by atoms with Crippen LogP contribution in [0.1, 0.15) is 45.7 Å². The van der Waals surface area contributed by atoms with Gasteiger partial charge in [0.15, 0.2) is 0 Å². The molecule has 1 aromatic heterocycles. The molecular weight excluding hydrogens is 286 g/mol. The highest BCUT2D eigenvalue weighted by molar-refractivity contribution is 7.89. The van der Waals surface area contributed by atoms with Gasteiger partial charge in [0.05, 0.1) is 0 Å². The fraction of sp³-hybridized carbons (Fsp3) is 0.733. The summed E-state index contributed by atoms with van der Waals surface area (Å²) in [5, 5.41) is 3.37. The molecule has 1 fully saturated rings. The topological polar surface area (TPSA) is 54.3 Å². The predicted molar refractivity (Wildman–Crippen MR) is 84.7 cm³/mol. The van der Waals surface area contributed by atoms with E-state index >= 15 is 0 Å². The van der Waals surface area contributed by atoms with Crippen LogP contribution in [0.2, 0.25) is 0 Å². The van der Waals surface area contributed by atoms with E-state index in [2.05, 4.69) is 30.7 Å². The molecule has 1 N–H and O–H groups in total. The molecule has 120 valence electrons. The van der Waals surface area contributed by atoms with Crippen molar-refractivity contribution >= 4 is 10.0 Å². The maximum absolute atomic E-state index is 12.6. The number of rotatable bonds is 7. The zero-order valence-electron chi connectivity index (χ0n) is 13.3. The number of aryl methyl sites for hydroxylation is 1. The summed E-state index contributed by atoms with van der Waals surface area (Å²) >= 11 is 0. The summed E-state index contributed by atoms with van der Waals surface area (Å²) in [5.74, 6) is 0. The highest BCUT2D eigenvalue weighted by Gasteiger charge is 2.28. The number of nitrogens with zero attached hydrogens (tertiary/aromatic N) is 2. The van der Waals surface area contributed by atoms with Crippen molar-refractivity contribution in [2.24, 2.45) is 0 Å². The van der Waals surface area contributed by atoms with E-state index in [-0.39, 0.29) is 0 Å². The van der Waals surface area contributed by atoms with Crippen molar-refractivity contribution in [2.75, 3.05) is 13.1 Å². The molecule has 1 aromatic rings. The molecule has 6 heteroatoms. The lowest BCUT2D eigenvalue weighted by Crippen LogP contribution is -2.27. The van der Waals surface area contributed by atoms with Crippen LogP contribution in [-0.2, 0) is 23.1 Å². The molecule has 0 unspecified atom stereocenters. The van der Waals surface area contributed by atoms with Crippen molar-refractivity contribution in [2.45, 2.75) is 64.1 Å². The minimum absolute atomic E-state index is 0.383. The van der Waals surface area contributed by atoms with E-state index in [1.807, 2.05) is 6.07 Å². The summed E-state index contributed by atoms with van der Waals surface area (Å²) in [6.45, 7) is 9.15. The lowest BCUT2D eigenvalue weighted by molar-refractivity contribution is 0.477. The zero-order chi connectivity index (χ0) is 15.5. The second-order valence-corrected chi connectivity index (χ2v) is 7.95. The van der Waals surface area contributed by atoms with Gasteiger partial charge in [-0.15, -0.1) is 0 Å². The van der Waals surface area contributed by atoms with Crippen molar-refractivity contribution in [3.8, 4) is 0 Å². The first-order valence-electron chi connectivity index (χ1n) is 7.87. The van der Waals surface area contributed by atoms with Gasteiger partial charge in [-0.1, -0.05) is 20.8 Å². The molecule has 2 rings (SSSR count). The van der Waals surface area contributed by atoms with E-state index in [1.165, 1.54) is 0 Å². The average molecular weight is 313 g/mol. The maximum atomic E-state index is 12.6. The van der Waals surface area contributed by atoms with Crippen LogP contribution in [0.15, 0.2) is 17.2 Å². The van der Waals surface area contributed by atoms with Crippen molar-refractivity contribution in [3.05, 3.63) is 18.0 Å². The van der Waals surface area contributed by atoms with Gasteiger partial charge in [0.2, 0.25) is 10.0 Å². The van der Waals surface area contributed by atoms with Gasteiger partial charge in [-0.05, 0) is 25.3 Å². The Morgan fingerprint density at radius 1 is 1.29 bits per heavy atom. The van der Waals surface area contributed by atoms with Crippen LogP contribution in [0, 0.1) is 0 Å². The smallest absolute Gasteiger partial charge is 0.244 e. The first-order chi connectivity index (χ1) is 9.95.